The van der Waals surface area contributed by atoms with Crippen molar-refractivity contribution in [3.8, 4) is 12.3 Å². The van der Waals surface area contributed by atoms with Gasteiger partial charge in [-0.15, -0.1) is 6.42 Å². The molecule has 1 heterocycles. The summed E-state index contributed by atoms with van der Waals surface area (Å²) in [6, 6.07) is 20.5. The third-order valence-electron chi connectivity index (χ3n) is 5.41. The first-order chi connectivity index (χ1) is 13.3. The van der Waals surface area contributed by atoms with Crippen LogP contribution in [0.3, 0.4) is 0 Å². The van der Waals surface area contributed by atoms with Crippen molar-refractivity contribution in [3.63, 3.8) is 0 Å². The number of ether oxygens (including phenoxy) is 1. The Kier molecular flexibility index (Phi) is 6.09. The second kappa shape index (κ2) is 8.20. The Morgan fingerprint density at radius 1 is 0.964 bits per heavy atom. The molecule has 0 unspecified atom stereocenters. The van der Waals surface area contributed by atoms with Gasteiger partial charge in [-0.2, -0.15) is 0 Å². The maximum Gasteiger partial charge on any atom is 0.261 e. The van der Waals surface area contributed by atoms with Gasteiger partial charge in [0.25, 0.3) is 8.32 Å². The van der Waals surface area contributed by atoms with Crippen molar-refractivity contribution in [2.45, 2.75) is 50.2 Å². The van der Waals surface area contributed by atoms with Crippen LogP contribution in [0, 0.1) is 12.3 Å². The SMILES string of the molecule is C#C[C@@H]1O[C@H](CO[Si](c2ccccc2)(c2ccccc2)C(C)(C)C)[C@@H](O)[C@H]1O. The maximum atomic E-state index is 10.4. The molecule has 28 heavy (non-hydrogen) atoms. The molecule has 148 valence electrons. The van der Waals surface area contributed by atoms with Gasteiger partial charge in [0.2, 0.25) is 0 Å². The van der Waals surface area contributed by atoms with Crippen molar-refractivity contribution in [2.24, 2.45) is 0 Å². The monoisotopic (exact) mass is 396 g/mol. The van der Waals surface area contributed by atoms with Crippen LogP contribution in [0.15, 0.2) is 60.7 Å². The van der Waals surface area contributed by atoms with Crippen LogP contribution in [0.4, 0.5) is 0 Å². The van der Waals surface area contributed by atoms with E-state index in [0.717, 1.165) is 10.4 Å². The van der Waals surface area contributed by atoms with Crippen molar-refractivity contribution in [2.75, 3.05) is 6.61 Å². The molecule has 1 aliphatic rings. The summed E-state index contributed by atoms with van der Waals surface area (Å²) in [5, 5.41) is 22.6. The normalized spacial score (nSPS) is 25.4. The highest BCUT2D eigenvalue weighted by Gasteiger charge is 2.51. The van der Waals surface area contributed by atoms with E-state index in [1.807, 2.05) is 36.4 Å². The smallest absolute Gasteiger partial charge is 0.261 e. The molecule has 2 aromatic rings. The summed E-state index contributed by atoms with van der Waals surface area (Å²) in [5.74, 6) is 2.39. The fraction of sp³-hybridized carbons (Fsp3) is 0.391. The van der Waals surface area contributed by atoms with Gasteiger partial charge in [0.1, 0.15) is 24.4 Å². The molecule has 0 bridgehead atoms. The molecule has 1 fully saturated rings. The van der Waals surface area contributed by atoms with Crippen molar-refractivity contribution >= 4 is 18.7 Å². The number of hydrogen-bond donors (Lipinski definition) is 2. The number of rotatable bonds is 5. The number of aliphatic hydroxyl groups excluding tert-OH is 2. The largest absolute Gasteiger partial charge is 0.405 e. The predicted molar refractivity (Wildman–Crippen MR) is 113 cm³/mol. The molecule has 1 saturated heterocycles. The van der Waals surface area contributed by atoms with E-state index in [1.165, 1.54) is 0 Å². The Balaban J connectivity index is 2.01. The van der Waals surface area contributed by atoms with Crippen molar-refractivity contribution < 1.29 is 19.4 Å². The molecule has 0 saturated carbocycles. The van der Waals surface area contributed by atoms with E-state index in [1.54, 1.807) is 0 Å². The molecule has 2 N–H and O–H groups in total. The molecular formula is C23H28O4Si. The number of aliphatic hydroxyl groups is 2. The zero-order valence-electron chi connectivity index (χ0n) is 16.6. The molecule has 1 aliphatic heterocycles. The van der Waals surface area contributed by atoms with Gasteiger partial charge in [-0.3, -0.25) is 0 Å². The molecule has 3 rings (SSSR count). The van der Waals surface area contributed by atoms with Gasteiger partial charge in [0.05, 0.1) is 6.61 Å². The predicted octanol–water partition coefficient (Wildman–Crippen LogP) is 1.69. The van der Waals surface area contributed by atoms with Crippen LogP contribution >= 0.6 is 0 Å². The molecule has 4 nitrogen and oxygen atoms in total. The number of hydrogen-bond acceptors (Lipinski definition) is 4. The first kappa shape index (κ1) is 20.8. The first-order valence-corrected chi connectivity index (χ1v) is 11.4. The Hall–Kier alpha value is -1.94. The van der Waals surface area contributed by atoms with Crippen LogP contribution in [0.2, 0.25) is 5.04 Å². The van der Waals surface area contributed by atoms with E-state index in [-0.39, 0.29) is 11.6 Å². The molecule has 0 radical (unpaired) electrons. The summed E-state index contributed by atoms with van der Waals surface area (Å²) in [4.78, 5) is 0. The summed E-state index contributed by atoms with van der Waals surface area (Å²) >= 11 is 0. The van der Waals surface area contributed by atoms with Crippen LogP contribution in [-0.2, 0) is 9.16 Å². The van der Waals surface area contributed by atoms with Crippen LogP contribution in [-0.4, -0.2) is 49.6 Å². The maximum absolute atomic E-state index is 10.4. The van der Waals surface area contributed by atoms with Gasteiger partial charge in [-0.05, 0) is 15.4 Å². The highest BCUT2D eigenvalue weighted by molar-refractivity contribution is 6.99. The minimum Gasteiger partial charge on any atom is -0.405 e. The lowest BCUT2D eigenvalue weighted by Crippen LogP contribution is -2.67. The van der Waals surface area contributed by atoms with Crippen LogP contribution in [0.1, 0.15) is 20.8 Å². The van der Waals surface area contributed by atoms with Crippen molar-refractivity contribution in [1.29, 1.82) is 0 Å². The quantitative estimate of drug-likeness (QED) is 0.596. The summed E-state index contributed by atoms with van der Waals surface area (Å²) in [6.45, 7) is 6.71. The van der Waals surface area contributed by atoms with Crippen LogP contribution in [0.25, 0.3) is 0 Å². The van der Waals surface area contributed by atoms with E-state index in [2.05, 4.69) is 51.0 Å². The fourth-order valence-electron chi connectivity index (χ4n) is 3.99. The Labute approximate surface area is 168 Å². The van der Waals surface area contributed by atoms with Gasteiger partial charge in [0, 0.05) is 0 Å². The molecule has 0 amide bonds. The zero-order chi connectivity index (χ0) is 20.4. The number of benzene rings is 2. The fourth-order valence-corrected chi connectivity index (χ4v) is 8.56. The Morgan fingerprint density at radius 2 is 1.46 bits per heavy atom. The first-order valence-electron chi connectivity index (χ1n) is 9.54. The van der Waals surface area contributed by atoms with Crippen molar-refractivity contribution in [1.82, 2.24) is 0 Å². The van der Waals surface area contributed by atoms with E-state index >= 15 is 0 Å². The van der Waals surface area contributed by atoms with Gasteiger partial charge >= 0.3 is 0 Å². The van der Waals surface area contributed by atoms with E-state index < -0.39 is 32.7 Å². The lowest BCUT2D eigenvalue weighted by molar-refractivity contribution is -0.00702. The van der Waals surface area contributed by atoms with Gasteiger partial charge in [-0.25, -0.2) is 0 Å². The molecule has 4 atom stereocenters. The Bertz CT molecular complexity index is 770. The van der Waals surface area contributed by atoms with E-state index in [9.17, 15) is 10.2 Å². The minimum absolute atomic E-state index is 0.156. The molecule has 0 aliphatic carbocycles. The minimum atomic E-state index is -2.73. The second-order valence-corrected chi connectivity index (χ2v) is 12.5. The average Bonchev–Trinajstić information content (AvgIpc) is 2.97. The van der Waals surface area contributed by atoms with E-state index in [0.29, 0.717) is 0 Å². The average molecular weight is 397 g/mol. The summed E-state index contributed by atoms with van der Waals surface area (Å²) in [7, 11) is -2.73. The zero-order valence-corrected chi connectivity index (χ0v) is 17.6. The lowest BCUT2D eigenvalue weighted by Gasteiger charge is -2.43. The molecule has 5 heteroatoms. The standard InChI is InChI=1S/C23H28O4Si/c1-5-19-21(24)22(25)20(27-19)16-26-28(23(2,3)4,17-12-8-6-9-13-17)18-14-10-7-11-15-18/h1,6-15,19-22,24-25H,16H2,2-4H3/t19-,20+,21-,22+/m0/s1. The molecule has 2 aromatic carbocycles. The summed E-state index contributed by atoms with van der Waals surface area (Å²) in [5.41, 5.74) is 0. The van der Waals surface area contributed by atoms with Crippen molar-refractivity contribution in [3.05, 3.63) is 60.7 Å². The van der Waals surface area contributed by atoms with E-state index in [4.69, 9.17) is 15.6 Å². The Morgan fingerprint density at radius 3 is 1.86 bits per heavy atom. The highest BCUT2D eigenvalue weighted by Crippen LogP contribution is 2.37. The molecular weight excluding hydrogens is 368 g/mol. The highest BCUT2D eigenvalue weighted by atomic mass is 28.4. The van der Waals surface area contributed by atoms with Gasteiger partial charge in [0.15, 0.2) is 0 Å². The van der Waals surface area contributed by atoms with Crippen LogP contribution < -0.4 is 10.4 Å². The molecule has 0 aromatic heterocycles. The number of terminal acetylenes is 1. The molecule has 0 spiro atoms. The van der Waals surface area contributed by atoms with Crippen LogP contribution in [0.5, 0.6) is 0 Å². The summed E-state index contributed by atoms with van der Waals surface area (Å²) < 4.78 is 12.4. The lowest BCUT2D eigenvalue weighted by atomic mass is 10.1. The second-order valence-electron chi connectivity index (χ2n) is 8.22. The van der Waals surface area contributed by atoms with Gasteiger partial charge < -0.3 is 19.4 Å². The summed E-state index contributed by atoms with van der Waals surface area (Å²) in [6.07, 6.45) is 1.75. The topological polar surface area (TPSA) is 58.9 Å². The third-order valence-corrected chi connectivity index (χ3v) is 10.4. The third kappa shape index (κ3) is 3.67. The van der Waals surface area contributed by atoms with Gasteiger partial charge in [-0.1, -0.05) is 87.4 Å².